The zero-order valence-electron chi connectivity index (χ0n) is 13.7. The molecule has 0 radical (unpaired) electrons. The molecule has 0 fully saturated rings. The average molecular weight is 361 g/mol. The molecule has 0 saturated carbocycles. The Balaban J connectivity index is 0.00000132. The van der Waals surface area contributed by atoms with E-state index in [-0.39, 0.29) is 66.7 Å². The second-order valence-corrected chi connectivity index (χ2v) is 5.24. The molecule has 1 aliphatic carbocycles. The molecule has 0 amide bonds. The van der Waals surface area contributed by atoms with Crippen molar-refractivity contribution in [2.75, 3.05) is 0 Å². The maximum atomic E-state index is 4.75. The number of fused-ring (bicyclic) bond motifs is 3. The van der Waals surface area contributed by atoms with E-state index in [1.54, 1.807) is 0 Å². The normalized spacial score (nSPS) is 10.7. The van der Waals surface area contributed by atoms with Gasteiger partial charge in [-0.05, 0) is 12.0 Å². The molecule has 114 valence electrons. The van der Waals surface area contributed by atoms with Crippen LogP contribution >= 0.6 is 0 Å². The van der Waals surface area contributed by atoms with Crippen LogP contribution in [0.2, 0.25) is 0 Å². The summed E-state index contributed by atoms with van der Waals surface area (Å²) in [7, 11) is 0. The number of aromatic nitrogens is 2. The first-order valence-corrected chi connectivity index (χ1v) is 7.01. The van der Waals surface area contributed by atoms with Crippen molar-refractivity contribution in [1.29, 1.82) is 0 Å². The van der Waals surface area contributed by atoms with E-state index in [1.807, 2.05) is 10.7 Å². The van der Waals surface area contributed by atoms with Crippen molar-refractivity contribution in [3.8, 4) is 11.3 Å². The summed E-state index contributed by atoms with van der Waals surface area (Å²) in [6.07, 6.45) is 5.57. The predicted octanol–water partition coefficient (Wildman–Crippen LogP) is -5.87. The quantitative estimate of drug-likeness (QED) is 0.329. The Labute approximate surface area is 183 Å². The molecule has 1 aliphatic rings. The number of benzene rings is 2. The van der Waals surface area contributed by atoms with Gasteiger partial charge in [-0.25, -0.2) is 0 Å². The molecular weight excluding hydrogens is 346 g/mol. The molecule has 6 heteroatoms. The summed E-state index contributed by atoms with van der Waals surface area (Å²) in [6, 6.07) is 19.0. The van der Waals surface area contributed by atoms with Gasteiger partial charge in [0, 0.05) is 6.54 Å². The molecule has 0 saturated heterocycles. The van der Waals surface area contributed by atoms with Crippen LogP contribution < -0.4 is 43.7 Å². The van der Waals surface area contributed by atoms with Gasteiger partial charge in [0.15, 0.2) is 0 Å². The number of rotatable bonds is 2. The van der Waals surface area contributed by atoms with Gasteiger partial charge in [-0.15, -0.1) is 6.20 Å². The van der Waals surface area contributed by atoms with Gasteiger partial charge in [-0.3, -0.25) is 5.10 Å². The van der Waals surface area contributed by atoms with Crippen LogP contribution in [0.25, 0.3) is 11.3 Å². The van der Waals surface area contributed by atoms with Crippen LogP contribution in [-0.2, 0) is 19.4 Å². The molecule has 0 unspecified atom stereocenters. The van der Waals surface area contributed by atoms with Gasteiger partial charge in [0.05, 0.1) is 0 Å². The monoisotopic (exact) mass is 360 g/mol. The maximum absolute atomic E-state index is 4.75. The molecule has 4 rings (SSSR count). The minimum Gasteiger partial charge on any atom is -1.00 e. The molecule has 2 aromatic carbocycles. The van der Waals surface area contributed by atoms with Crippen LogP contribution in [0.1, 0.15) is 16.7 Å². The maximum Gasteiger partial charge on any atom is 2.00 e. The molecule has 0 N–H and O–H groups in total. The molecule has 24 heavy (non-hydrogen) atoms. The molecule has 3 aromatic rings. The van der Waals surface area contributed by atoms with Gasteiger partial charge in [-0.1, -0.05) is 77.8 Å². The van der Waals surface area contributed by atoms with E-state index >= 15 is 0 Å². The Bertz CT molecular complexity index is 763. The standard InChI is InChI=1S/C18H15N2.2ClH.Li.Mg/c1-2-6-14(7-3-1)12-20-13-16-11-10-15-8-4-5-9-17(15)18(16)19-20;;;;/h1-9H,10-12H2;2*1H;;/q-1;;;+1;+2/p-2. The first kappa shape index (κ1) is 23.6. The first-order chi connectivity index (χ1) is 9.90. The van der Waals surface area contributed by atoms with Crippen LogP contribution in [-0.4, -0.2) is 32.8 Å². The molecule has 1 heterocycles. The third kappa shape index (κ3) is 4.82. The Morgan fingerprint density at radius 3 is 2.33 bits per heavy atom. The third-order valence-corrected chi connectivity index (χ3v) is 3.86. The number of halogens is 2. The van der Waals surface area contributed by atoms with Crippen LogP contribution in [0.3, 0.4) is 0 Å². The molecule has 0 spiro atoms. The zero-order valence-corrected chi connectivity index (χ0v) is 16.6. The van der Waals surface area contributed by atoms with E-state index in [9.17, 15) is 0 Å². The average Bonchev–Trinajstić information content (AvgIpc) is 2.91. The van der Waals surface area contributed by atoms with Crippen molar-refractivity contribution < 1.29 is 43.7 Å². The van der Waals surface area contributed by atoms with Crippen molar-refractivity contribution in [2.45, 2.75) is 19.4 Å². The molecule has 2 nitrogen and oxygen atoms in total. The van der Waals surface area contributed by atoms with Crippen LogP contribution in [0, 0.1) is 6.20 Å². The first-order valence-electron chi connectivity index (χ1n) is 7.01. The van der Waals surface area contributed by atoms with E-state index in [1.165, 1.54) is 22.3 Å². The third-order valence-electron chi connectivity index (χ3n) is 3.86. The van der Waals surface area contributed by atoms with Gasteiger partial charge in [-0.2, -0.15) is 5.56 Å². The van der Waals surface area contributed by atoms with E-state index in [2.05, 4.69) is 54.7 Å². The van der Waals surface area contributed by atoms with E-state index in [4.69, 9.17) is 5.10 Å². The van der Waals surface area contributed by atoms with Crippen molar-refractivity contribution in [1.82, 2.24) is 9.78 Å². The van der Waals surface area contributed by atoms with E-state index in [0.29, 0.717) is 0 Å². The van der Waals surface area contributed by atoms with E-state index in [0.717, 1.165) is 25.1 Å². The zero-order chi connectivity index (χ0) is 13.4. The number of hydrogen-bond acceptors (Lipinski definition) is 1. The van der Waals surface area contributed by atoms with Gasteiger partial charge in [0.25, 0.3) is 0 Å². The topological polar surface area (TPSA) is 17.8 Å². The van der Waals surface area contributed by atoms with Gasteiger partial charge in [0.2, 0.25) is 0 Å². The van der Waals surface area contributed by atoms with Gasteiger partial charge >= 0.3 is 41.9 Å². The molecule has 0 atom stereocenters. The number of nitrogens with zero attached hydrogens (tertiary/aromatic N) is 2. The van der Waals surface area contributed by atoms with Crippen LogP contribution in [0.5, 0.6) is 0 Å². The van der Waals surface area contributed by atoms with Crippen LogP contribution in [0.4, 0.5) is 0 Å². The second kappa shape index (κ2) is 10.6. The summed E-state index contributed by atoms with van der Waals surface area (Å²) < 4.78 is 1.95. The summed E-state index contributed by atoms with van der Waals surface area (Å²) in [6.45, 7) is 0.788. The minimum absolute atomic E-state index is 0. The smallest absolute Gasteiger partial charge is 1.00 e. The molecule has 0 bridgehead atoms. The second-order valence-electron chi connectivity index (χ2n) is 5.24. The molecule has 0 aliphatic heterocycles. The summed E-state index contributed by atoms with van der Waals surface area (Å²) in [5.41, 5.74) is 6.30. The fourth-order valence-corrected chi connectivity index (χ4v) is 2.87. The SMILES string of the molecule is [Cl-].[Cl-].[Li+].[Mg+2].[c-]1c2c(nn1Cc1ccccc1)-c1ccccc1CC2. The molecular formula is C18H15Cl2LiMgN2. The Morgan fingerprint density at radius 1 is 0.917 bits per heavy atom. The summed E-state index contributed by atoms with van der Waals surface area (Å²) in [5.74, 6) is 0. The van der Waals surface area contributed by atoms with Crippen molar-refractivity contribution in [2.24, 2.45) is 0 Å². The Hall–Kier alpha value is -0.406. The van der Waals surface area contributed by atoms with Crippen LogP contribution in [0.15, 0.2) is 54.6 Å². The summed E-state index contributed by atoms with van der Waals surface area (Å²) in [5, 5.41) is 4.75. The van der Waals surface area contributed by atoms with Crippen molar-refractivity contribution >= 4 is 23.1 Å². The predicted molar refractivity (Wildman–Crippen MR) is 85.2 cm³/mol. The minimum atomic E-state index is 0. The largest absolute Gasteiger partial charge is 2.00 e. The van der Waals surface area contributed by atoms with Gasteiger partial charge < -0.3 is 29.5 Å². The Morgan fingerprint density at radius 2 is 1.58 bits per heavy atom. The van der Waals surface area contributed by atoms with Crippen molar-refractivity contribution in [3.63, 3.8) is 0 Å². The summed E-state index contributed by atoms with van der Waals surface area (Å²) >= 11 is 0. The Kier molecular flexibility index (Phi) is 10.4. The fourth-order valence-electron chi connectivity index (χ4n) is 2.87. The summed E-state index contributed by atoms with van der Waals surface area (Å²) in [4.78, 5) is 0. The number of hydrogen-bond donors (Lipinski definition) is 0. The number of aryl methyl sites for hydroxylation is 2. The van der Waals surface area contributed by atoms with E-state index < -0.39 is 0 Å². The van der Waals surface area contributed by atoms with Crippen molar-refractivity contribution in [3.05, 3.63) is 77.5 Å². The van der Waals surface area contributed by atoms with Gasteiger partial charge in [0.1, 0.15) is 0 Å². The molecule has 1 aromatic heterocycles. The fraction of sp³-hybridized carbons (Fsp3) is 0.167.